The molecule has 0 spiro atoms. The zero-order valence-electron chi connectivity index (χ0n) is 9.59. The minimum absolute atomic E-state index is 0.116. The van der Waals surface area contributed by atoms with Gasteiger partial charge in [0, 0.05) is 27.0 Å². The van der Waals surface area contributed by atoms with Gasteiger partial charge in [0.1, 0.15) is 11.6 Å². The Labute approximate surface area is 122 Å². The quantitative estimate of drug-likeness (QED) is 0.730. The van der Waals surface area contributed by atoms with Crippen LogP contribution in [0.5, 0.6) is 0 Å². The molecule has 2 rings (SSSR count). The summed E-state index contributed by atoms with van der Waals surface area (Å²) in [7, 11) is 0. The van der Waals surface area contributed by atoms with Crippen molar-refractivity contribution >= 4 is 33.3 Å². The van der Waals surface area contributed by atoms with Gasteiger partial charge in [0.05, 0.1) is 0 Å². The van der Waals surface area contributed by atoms with Crippen molar-refractivity contribution < 1.29 is 13.6 Å². The molecule has 0 amide bonds. The molecule has 0 unspecified atom stereocenters. The van der Waals surface area contributed by atoms with Gasteiger partial charge < -0.3 is 0 Å². The van der Waals surface area contributed by atoms with Crippen LogP contribution in [0.25, 0.3) is 0 Å². The Morgan fingerprint density at radius 1 is 1.21 bits per heavy atom. The van der Waals surface area contributed by atoms with Gasteiger partial charge >= 0.3 is 0 Å². The lowest BCUT2D eigenvalue weighted by Crippen LogP contribution is -2.07. The van der Waals surface area contributed by atoms with Crippen molar-refractivity contribution in [3.63, 3.8) is 0 Å². The fourth-order valence-corrected chi connectivity index (χ4v) is 2.37. The summed E-state index contributed by atoms with van der Waals surface area (Å²) >= 11 is 9.02. The van der Waals surface area contributed by atoms with Gasteiger partial charge in [-0.05, 0) is 30.3 Å². The lowest BCUT2D eigenvalue weighted by molar-refractivity contribution is 0.0990. The van der Waals surface area contributed by atoms with Crippen LogP contribution < -0.4 is 0 Å². The molecule has 0 aromatic heterocycles. The summed E-state index contributed by atoms with van der Waals surface area (Å²) in [5, 5.41) is 0.181. The number of carbonyl (C=O) groups excluding carboxylic acids is 1. The maximum absolute atomic E-state index is 13.6. The van der Waals surface area contributed by atoms with E-state index in [0.29, 0.717) is 4.47 Å². The second-order valence-corrected chi connectivity index (χ2v) is 5.19. The predicted molar refractivity (Wildman–Crippen MR) is 73.5 cm³/mol. The van der Waals surface area contributed by atoms with Crippen LogP contribution in [0.4, 0.5) is 8.78 Å². The summed E-state index contributed by atoms with van der Waals surface area (Å²) in [4.78, 5) is 12.1. The van der Waals surface area contributed by atoms with E-state index in [1.165, 1.54) is 30.3 Å². The number of hydrogen-bond donors (Lipinski definition) is 0. The van der Waals surface area contributed by atoms with Gasteiger partial charge in [0.15, 0.2) is 5.78 Å². The first kappa shape index (κ1) is 14.2. The van der Waals surface area contributed by atoms with Crippen molar-refractivity contribution in [1.82, 2.24) is 0 Å². The molecule has 2 aromatic rings. The number of rotatable bonds is 3. The standard InChI is InChI=1S/C14H8BrClF2O/c15-11-5-4-8(17)6-9(11)14(19)7-10-12(16)2-1-3-13(10)18/h1-6H,7H2. The maximum Gasteiger partial charge on any atom is 0.168 e. The van der Waals surface area contributed by atoms with Crippen LogP contribution >= 0.6 is 27.5 Å². The first-order chi connectivity index (χ1) is 8.99. The molecule has 0 fully saturated rings. The molecule has 0 saturated carbocycles. The normalized spacial score (nSPS) is 10.5. The number of benzene rings is 2. The zero-order valence-corrected chi connectivity index (χ0v) is 11.9. The maximum atomic E-state index is 13.6. The van der Waals surface area contributed by atoms with Gasteiger partial charge in [-0.3, -0.25) is 4.79 Å². The van der Waals surface area contributed by atoms with Crippen LogP contribution in [-0.2, 0) is 6.42 Å². The molecule has 98 valence electrons. The van der Waals surface area contributed by atoms with Crippen LogP contribution in [0.15, 0.2) is 40.9 Å². The van der Waals surface area contributed by atoms with E-state index in [9.17, 15) is 13.6 Å². The number of carbonyl (C=O) groups is 1. The van der Waals surface area contributed by atoms with Gasteiger partial charge in [-0.2, -0.15) is 0 Å². The third-order valence-electron chi connectivity index (χ3n) is 2.63. The molecular weight excluding hydrogens is 338 g/mol. The summed E-state index contributed by atoms with van der Waals surface area (Å²) < 4.78 is 27.2. The predicted octanol–water partition coefficient (Wildman–Crippen LogP) is 4.81. The molecule has 1 nitrogen and oxygen atoms in total. The summed E-state index contributed by atoms with van der Waals surface area (Å²) in [6.45, 7) is 0. The van der Waals surface area contributed by atoms with Crippen molar-refractivity contribution in [3.05, 3.63) is 68.7 Å². The second kappa shape index (κ2) is 5.80. The van der Waals surface area contributed by atoms with Crippen LogP contribution in [0.2, 0.25) is 5.02 Å². The highest BCUT2D eigenvalue weighted by Crippen LogP contribution is 2.24. The lowest BCUT2D eigenvalue weighted by Gasteiger charge is -2.07. The van der Waals surface area contributed by atoms with E-state index >= 15 is 0 Å². The van der Waals surface area contributed by atoms with Crippen molar-refractivity contribution in [1.29, 1.82) is 0 Å². The highest BCUT2D eigenvalue weighted by molar-refractivity contribution is 9.10. The first-order valence-corrected chi connectivity index (χ1v) is 6.57. The Balaban J connectivity index is 2.34. The number of ketones is 1. The Morgan fingerprint density at radius 2 is 1.95 bits per heavy atom. The Kier molecular flexibility index (Phi) is 4.32. The Hall–Kier alpha value is -1.26. The van der Waals surface area contributed by atoms with Gasteiger partial charge in [-0.15, -0.1) is 0 Å². The van der Waals surface area contributed by atoms with Crippen LogP contribution in [0.1, 0.15) is 15.9 Å². The van der Waals surface area contributed by atoms with E-state index in [0.717, 1.165) is 6.07 Å². The molecule has 19 heavy (non-hydrogen) atoms. The van der Waals surface area contributed by atoms with E-state index in [2.05, 4.69) is 15.9 Å². The molecule has 0 saturated heterocycles. The zero-order chi connectivity index (χ0) is 14.0. The van der Waals surface area contributed by atoms with Gasteiger partial charge in [-0.1, -0.05) is 33.6 Å². The molecule has 0 aliphatic carbocycles. The van der Waals surface area contributed by atoms with E-state index in [-0.39, 0.29) is 22.6 Å². The molecule has 0 aliphatic rings. The highest BCUT2D eigenvalue weighted by Gasteiger charge is 2.16. The first-order valence-electron chi connectivity index (χ1n) is 5.40. The van der Waals surface area contributed by atoms with E-state index in [1.807, 2.05) is 0 Å². The smallest absolute Gasteiger partial charge is 0.168 e. The molecule has 0 atom stereocenters. The monoisotopic (exact) mass is 344 g/mol. The second-order valence-electron chi connectivity index (χ2n) is 3.92. The van der Waals surface area contributed by atoms with Crippen molar-refractivity contribution in [3.8, 4) is 0 Å². The van der Waals surface area contributed by atoms with Crippen molar-refractivity contribution in [2.24, 2.45) is 0 Å². The van der Waals surface area contributed by atoms with Crippen LogP contribution in [-0.4, -0.2) is 5.78 Å². The molecular formula is C14H8BrClF2O. The molecule has 0 aliphatic heterocycles. The van der Waals surface area contributed by atoms with E-state index in [1.54, 1.807) is 0 Å². The third-order valence-corrected chi connectivity index (χ3v) is 3.67. The molecule has 0 bridgehead atoms. The molecule has 5 heteroatoms. The third kappa shape index (κ3) is 3.19. The van der Waals surface area contributed by atoms with Crippen molar-refractivity contribution in [2.45, 2.75) is 6.42 Å². The SMILES string of the molecule is O=C(Cc1c(F)cccc1Cl)c1cc(F)ccc1Br. The van der Waals surface area contributed by atoms with Gasteiger partial charge in [0.25, 0.3) is 0 Å². The number of hydrogen-bond acceptors (Lipinski definition) is 1. The minimum Gasteiger partial charge on any atom is -0.294 e. The number of Topliss-reactive ketones (excluding diaryl/α,β-unsaturated/α-hetero) is 1. The van der Waals surface area contributed by atoms with Crippen LogP contribution in [0.3, 0.4) is 0 Å². The molecule has 0 radical (unpaired) electrons. The average Bonchev–Trinajstić information content (AvgIpc) is 2.37. The average molecular weight is 346 g/mol. The largest absolute Gasteiger partial charge is 0.294 e. The summed E-state index contributed by atoms with van der Waals surface area (Å²) in [6, 6.07) is 7.98. The topological polar surface area (TPSA) is 17.1 Å². The molecule has 0 heterocycles. The van der Waals surface area contributed by atoms with E-state index < -0.39 is 17.4 Å². The number of halogens is 4. The summed E-state index contributed by atoms with van der Waals surface area (Å²) in [6.07, 6.45) is -0.215. The Morgan fingerprint density at radius 3 is 2.63 bits per heavy atom. The summed E-state index contributed by atoms with van der Waals surface area (Å²) in [5.41, 5.74) is 0.282. The molecule has 0 N–H and O–H groups in total. The van der Waals surface area contributed by atoms with E-state index in [4.69, 9.17) is 11.6 Å². The highest BCUT2D eigenvalue weighted by atomic mass is 79.9. The fraction of sp³-hybridized carbons (Fsp3) is 0.0714. The van der Waals surface area contributed by atoms with Crippen LogP contribution in [0, 0.1) is 11.6 Å². The Bertz CT molecular complexity index is 623. The van der Waals surface area contributed by atoms with Gasteiger partial charge in [0.2, 0.25) is 0 Å². The fourth-order valence-electron chi connectivity index (χ4n) is 1.67. The van der Waals surface area contributed by atoms with Crippen molar-refractivity contribution in [2.75, 3.05) is 0 Å². The lowest BCUT2D eigenvalue weighted by atomic mass is 10.0. The molecule has 2 aromatic carbocycles. The van der Waals surface area contributed by atoms with Gasteiger partial charge in [-0.25, -0.2) is 8.78 Å². The summed E-state index contributed by atoms with van der Waals surface area (Å²) in [5.74, 6) is -1.47. The minimum atomic E-state index is -0.548.